The Kier molecular flexibility index (Phi) is 6.05. The van der Waals surface area contributed by atoms with Crippen molar-refractivity contribution in [2.75, 3.05) is 25.5 Å². The second kappa shape index (κ2) is 8.02. The number of thioether (sulfide) groups is 1. The minimum atomic E-state index is 0.112. The first-order chi connectivity index (χ1) is 10.8. The van der Waals surface area contributed by atoms with E-state index in [4.69, 9.17) is 4.74 Å². The van der Waals surface area contributed by atoms with Crippen molar-refractivity contribution in [3.8, 4) is 0 Å². The van der Waals surface area contributed by atoms with Gasteiger partial charge < -0.3 is 10.1 Å². The van der Waals surface area contributed by atoms with E-state index in [1.807, 2.05) is 11.8 Å². The van der Waals surface area contributed by atoms with Crippen molar-refractivity contribution in [1.82, 2.24) is 10.2 Å². The summed E-state index contributed by atoms with van der Waals surface area (Å²) in [6.07, 6.45) is 7.95. The summed E-state index contributed by atoms with van der Waals surface area (Å²) in [5.41, 5.74) is 0. The maximum absolute atomic E-state index is 12.7. The van der Waals surface area contributed by atoms with Gasteiger partial charge in [0.05, 0.1) is 6.04 Å². The Bertz CT molecular complexity index is 374. The van der Waals surface area contributed by atoms with Gasteiger partial charge in [-0.3, -0.25) is 9.69 Å². The number of ether oxygens (including phenoxy) is 1. The summed E-state index contributed by atoms with van der Waals surface area (Å²) in [4.78, 5) is 15.2. The second-order valence-corrected chi connectivity index (χ2v) is 8.41. The molecule has 1 N–H and O–H groups in total. The van der Waals surface area contributed by atoms with Crippen molar-refractivity contribution < 1.29 is 9.53 Å². The number of nitrogens with one attached hydrogen (secondary N) is 1. The first-order valence-electron chi connectivity index (χ1n) is 9.03. The average Bonchev–Trinajstić information content (AvgIpc) is 3.18. The van der Waals surface area contributed by atoms with Crippen LogP contribution >= 0.6 is 11.8 Å². The summed E-state index contributed by atoms with van der Waals surface area (Å²) < 4.78 is 5.47. The maximum Gasteiger partial charge on any atom is 0.237 e. The average molecular weight is 327 g/mol. The van der Waals surface area contributed by atoms with Crippen molar-refractivity contribution in [2.45, 2.75) is 75.2 Å². The molecule has 0 bridgehead atoms. The fourth-order valence-corrected chi connectivity index (χ4v) is 5.42. The normalized spacial score (nSPS) is 34.1. The van der Waals surface area contributed by atoms with E-state index < -0.39 is 0 Å². The van der Waals surface area contributed by atoms with Crippen LogP contribution in [0.5, 0.6) is 0 Å². The van der Waals surface area contributed by atoms with Crippen LogP contribution in [-0.4, -0.2) is 59.7 Å². The van der Waals surface area contributed by atoms with E-state index in [-0.39, 0.29) is 11.9 Å². The van der Waals surface area contributed by atoms with Crippen LogP contribution in [-0.2, 0) is 9.53 Å². The lowest BCUT2D eigenvalue weighted by atomic mass is 10.1. The van der Waals surface area contributed by atoms with Crippen molar-refractivity contribution >= 4 is 17.7 Å². The highest BCUT2D eigenvalue weighted by atomic mass is 32.2. The Morgan fingerprint density at radius 2 is 2.05 bits per heavy atom. The van der Waals surface area contributed by atoms with Crippen LogP contribution in [0, 0.1) is 0 Å². The molecule has 2 heterocycles. The maximum atomic E-state index is 12.7. The molecule has 0 unspecified atom stereocenters. The molecule has 3 atom stereocenters. The quantitative estimate of drug-likeness (QED) is 0.842. The van der Waals surface area contributed by atoms with Gasteiger partial charge in [-0.2, -0.15) is 11.8 Å². The van der Waals surface area contributed by atoms with E-state index in [0.717, 1.165) is 63.5 Å². The minimum absolute atomic E-state index is 0.112. The van der Waals surface area contributed by atoms with Gasteiger partial charge >= 0.3 is 0 Å². The Morgan fingerprint density at radius 1 is 1.23 bits per heavy atom. The van der Waals surface area contributed by atoms with Crippen LogP contribution in [0.4, 0.5) is 0 Å². The highest BCUT2D eigenvalue weighted by Gasteiger charge is 2.37. The predicted molar refractivity (Wildman–Crippen MR) is 91.3 cm³/mol. The predicted octanol–water partition coefficient (Wildman–Crippen LogP) is 2.42. The monoisotopic (exact) mass is 326 g/mol. The van der Waals surface area contributed by atoms with Gasteiger partial charge in [-0.25, -0.2) is 0 Å². The number of nitrogens with zero attached hydrogens (tertiary/aromatic N) is 1. The Balaban J connectivity index is 1.50. The van der Waals surface area contributed by atoms with E-state index in [2.05, 4.69) is 17.1 Å². The zero-order chi connectivity index (χ0) is 15.4. The van der Waals surface area contributed by atoms with Crippen LogP contribution in [0.2, 0.25) is 0 Å². The SMILES string of the molecule is CCS[C@@H]1CC[C@H](NC(=O)[C@H]2CCCN2C2CCOCC2)C1. The van der Waals surface area contributed by atoms with E-state index in [0.29, 0.717) is 12.1 Å². The standard InChI is InChI=1S/C17H30N2O2S/c1-2-22-15-6-5-13(12-15)18-17(20)16-4-3-9-19(16)14-7-10-21-11-8-14/h13-16H,2-12H2,1H3,(H,18,20)/t13-,15+,16+/m0/s1. The van der Waals surface area contributed by atoms with Gasteiger partial charge in [-0.05, 0) is 57.2 Å². The van der Waals surface area contributed by atoms with Gasteiger partial charge in [0.1, 0.15) is 0 Å². The highest BCUT2D eigenvalue weighted by Crippen LogP contribution is 2.30. The third-order valence-electron chi connectivity index (χ3n) is 5.39. The molecule has 0 spiro atoms. The molecule has 0 aromatic heterocycles. The highest BCUT2D eigenvalue weighted by molar-refractivity contribution is 7.99. The van der Waals surface area contributed by atoms with Crippen molar-refractivity contribution in [3.05, 3.63) is 0 Å². The molecule has 2 aliphatic heterocycles. The van der Waals surface area contributed by atoms with E-state index >= 15 is 0 Å². The molecular weight excluding hydrogens is 296 g/mol. The van der Waals surface area contributed by atoms with Crippen LogP contribution in [0.15, 0.2) is 0 Å². The van der Waals surface area contributed by atoms with E-state index in [1.54, 1.807) is 0 Å². The van der Waals surface area contributed by atoms with Gasteiger partial charge in [-0.1, -0.05) is 6.92 Å². The molecule has 4 nitrogen and oxygen atoms in total. The van der Waals surface area contributed by atoms with Crippen molar-refractivity contribution in [3.63, 3.8) is 0 Å². The molecule has 3 fully saturated rings. The summed E-state index contributed by atoms with van der Waals surface area (Å²) in [6, 6.07) is 1.08. The smallest absolute Gasteiger partial charge is 0.237 e. The van der Waals surface area contributed by atoms with E-state index in [1.165, 1.54) is 12.2 Å². The third-order valence-corrected chi connectivity index (χ3v) is 6.62. The fraction of sp³-hybridized carbons (Fsp3) is 0.941. The summed E-state index contributed by atoms with van der Waals surface area (Å²) >= 11 is 2.05. The fourth-order valence-electron chi connectivity index (χ4n) is 4.28. The van der Waals surface area contributed by atoms with Crippen LogP contribution < -0.4 is 5.32 Å². The molecule has 1 amide bonds. The molecule has 1 aliphatic carbocycles. The van der Waals surface area contributed by atoms with Crippen LogP contribution in [0.1, 0.15) is 51.9 Å². The Morgan fingerprint density at radius 3 is 2.82 bits per heavy atom. The number of hydrogen-bond acceptors (Lipinski definition) is 4. The lowest BCUT2D eigenvalue weighted by Crippen LogP contribution is -2.51. The number of rotatable bonds is 5. The van der Waals surface area contributed by atoms with Gasteiger partial charge in [0.15, 0.2) is 0 Å². The molecule has 3 rings (SSSR count). The summed E-state index contributed by atoms with van der Waals surface area (Å²) in [6.45, 7) is 5.02. The van der Waals surface area contributed by atoms with Gasteiger partial charge in [0, 0.05) is 30.5 Å². The molecular formula is C17H30N2O2S. The molecule has 3 aliphatic rings. The summed E-state index contributed by atoms with van der Waals surface area (Å²) in [5.74, 6) is 1.47. The summed E-state index contributed by atoms with van der Waals surface area (Å²) in [5, 5.41) is 4.11. The summed E-state index contributed by atoms with van der Waals surface area (Å²) in [7, 11) is 0. The van der Waals surface area contributed by atoms with Gasteiger partial charge in [0.25, 0.3) is 0 Å². The largest absolute Gasteiger partial charge is 0.381 e. The molecule has 0 aromatic carbocycles. The molecule has 22 heavy (non-hydrogen) atoms. The molecule has 0 radical (unpaired) electrons. The van der Waals surface area contributed by atoms with Crippen molar-refractivity contribution in [1.29, 1.82) is 0 Å². The molecule has 0 aromatic rings. The van der Waals surface area contributed by atoms with Crippen molar-refractivity contribution in [2.24, 2.45) is 0 Å². The lowest BCUT2D eigenvalue weighted by molar-refractivity contribution is -0.127. The molecule has 2 saturated heterocycles. The minimum Gasteiger partial charge on any atom is -0.381 e. The zero-order valence-corrected chi connectivity index (χ0v) is 14.6. The topological polar surface area (TPSA) is 41.6 Å². The number of carbonyl (C=O) groups excluding carboxylic acids is 1. The van der Waals surface area contributed by atoms with Crippen LogP contribution in [0.3, 0.4) is 0 Å². The Labute approximate surface area is 138 Å². The second-order valence-electron chi connectivity index (χ2n) is 6.84. The third kappa shape index (κ3) is 3.98. The lowest BCUT2D eigenvalue weighted by Gasteiger charge is -2.35. The molecule has 5 heteroatoms. The van der Waals surface area contributed by atoms with Gasteiger partial charge in [-0.15, -0.1) is 0 Å². The van der Waals surface area contributed by atoms with Gasteiger partial charge in [0.2, 0.25) is 5.91 Å². The molecule has 126 valence electrons. The first-order valence-corrected chi connectivity index (χ1v) is 10.1. The zero-order valence-electron chi connectivity index (χ0n) is 13.8. The van der Waals surface area contributed by atoms with Crippen LogP contribution in [0.25, 0.3) is 0 Å². The first kappa shape index (κ1) is 16.6. The number of amides is 1. The number of likely N-dealkylation sites (tertiary alicyclic amines) is 1. The molecule has 1 saturated carbocycles. The number of carbonyl (C=O) groups is 1. The number of hydrogen-bond donors (Lipinski definition) is 1. The Hall–Kier alpha value is -0.260. The van der Waals surface area contributed by atoms with E-state index in [9.17, 15) is 4.79 Å².